The van der Waals surface area contributed by atoms with Crippen LogP contribution in [0.4, 0.5) is 5.69 Å². The molecule has 1 atom stereocenters. The number of nitrogens with zero attached hydrogens (tertiary/aromatic N) is 4. The highest BCUT2D eigenvalue weighted by atomic mass is 32.2. The van der Waals surface area contributed by atoms with E-state index in [4.69, 9.17) is 0 Å². The number of benzene rings is 1. The van der Waals surface area contributed by atoms with Crippen LogP contribution in [0.3, 0.4) is 0 Å². The van der Waals surface area contributed by atoms with Crippen LogP contribution in [0.1, 0.15) is 42.5 Å². The number of carbonyl (C=O) groups is 2. The number of hydrogen-bond donors (Lipinski definition) is 1. The van der Waals surface area contributed by atoms with Gasteiger partial charge >= 0.3 is 0 Å². The minimum atomic E-state index is -3.82. The Labute approximate surface area is 181 Å². The molecule has 9 nitrogen and oxygen atoms in total. The summed E-state index contributed by atoms with van der Waals surface area (Å²) in [5.41, 5.74) is 3.01. The summed E-state index contributed by atoms with van der Waals surface area (Å²) in [5, 5.41) is 7.43. The summed E-state index contributed by atoms with van der Waals surface area (Å²) >= 11 is 0. The minimum Gasteiger partial charge on any atom is -0.353 e. The predicted octanol–water partition coefficient (Wildman–Crippen LogP) is 0.896. The summed E-state index contributed by atoms with van der Waals surface area (Å²) < 4.78 is 30.0. The number of nitrogens with one attached hydrogen (secondary N) is 1. The lowest BCUT2D eigenvalue weighted by Gasteiger charge is -2.30. The average Bonchev–Trinajstić information content (AvgIpc) is 3.29. The van der Waals surface area contributed by atoms with Crippen LogP contribution in [-0.4, -0.2) is 53.4 Å². The van der Waals surface area contributed by atoms with E-state index in [0.717, 1.165) is 29.7 Å². The van der Waals surface area contributed by atoms with E-state index in [1.807, 2.05) is 0 Å². The van der Waals surface area contributed by atoms with Crippen LogP contribution in [0.15, 0.2) is 29.3 Å². The van der Waals surface area contributed by atoms with Gasteiger partial charge in [-0.15, -0.1) is 0 Å². The van der Waals surface area contributed by atoms with Crippen LogP contribution in [0, 0.1) is 0 Å². The second kappa shape index (κ2) is 7.16. The van der Waals surface area contributed by atoms with Crippen LogP contribution < -0.4 is 10.2 Å². The van der Waals surface area contributed by atoms with E-state index in [0.29, 0.717) is 18.7 Å². The molecule has 2 amide bonds. The third-order valence-electron chi connectivity index (χ3n) is 6.20. The van der Waals surface area contributed by atoms with Crippen molar-refractivity contribution in [2.75, 3.05) is 18.0 Å². The Morgan fingerprint density at radius 2 is 1.97 bits per heavy atom. The SMILES string of the molecule is CC(=O)N1CCc2cc(S(=O)(=O)N3Cc4cn(C)nc4C(C(=O)NC4CC4)C3)ccc21. The van der Waals surface area contributed by atoms with Crippen molar-refractivity contribution in [1.29, 1.82) is 0 Å². The zero-order chi connectivity index (χ0) is 21.9. The van der Waals surface area contributed by atoms with Gasteiger partial charge in [0.2, 0.25) is 21.8 Å². The molecule has 2 aliphatic heterocycles. The van der Waals surface area contributed by atoms with E-state index in [1.54, 1.807) is 41.0 Å². The van der Waals surface area contributed by atoms with Crippen molar-refractivity contribution < 1.29 is 18.0 Å². The molecule has 0 radical (unpaired) electrons. The Kier molecular flexibility index (Phi) is 4.67. The molecule has 2 aromatic rings. The third kappa shape index (κ3) is 3.53. The largest absolute Gasteiger partial charge is 0.353 e. The van der Waals surface area contributed by atoms with Crippen molar-refractivity contribution in [3.05, 3.63) is 41.2 Å². The fraction of sp³-hybridized carbons (Fsp3) is 0.476. The Balaban J connectivity index is 1.46. The summed E-state index contributed by atoms with van der Waals surface area (Å²) in [7, 11) is -2.05. The Bertz CT molecular complexity index is 1180. The molecule has 1 aromatic carbocycles. The normalized spacial score (nSPS) is 21.0. The maximum Gasteiger partial charge on any atom is 0.243 e. The number of sulfonamides is 1. The molecular weight excluding hydrogens is 418 g/mol. The molecule has 31 heavy (non-hydrogen) atoms. The molecule has 3 heterocycles. The summed E-state index contributed by atoms with van der Waals surface area (Å²) in [6.07, 6.45) is 4.32. The lowest BCUT2D eigenvalue weighted by atomic mass is 9.97. The van der Waals surface area contributed by atoms with E-state index in [2.05, 4.69) is 10.4 Å². The second-order valence-electron chi connectivity index (χ2n) is 8.56. The molecule has 0 spiro atoms. The van der Waals surface area contributed by atoms with Crippen LogP contribution in [0.5, 0.6) is 0 Å². The molecule has 1 saturated carbocycles. The zero-order valence-electron chi connectivity index (χ0n) is 17.5. The highest BCUT2D eigenvalue weighted by Crippen LogP contribution is 2.35. The minimum absolute atomic E-state index is 0.0565. The van der Waals surface area contributed by atoms with Gasteiger partial charge in [-0.3, -0.25) is 14.3 Å². The van der Waals surface area contributed by atoms with Gasteiger partial charge in [-0.1, -0.05) is 0 Å². The van der Waals surface area contributed by atoms with Crippen molar-refractivity contribution in [3.8, 4) is 0 Å². The standard InChI is InChI=1S/C21H25N5O4S/c1-13(27)26-8-7-14-9-17(5-6-19(14)26)31(29,30)25-11-15-10-24(2)23-20(15)18(12-25)21(28)22-16-3-4-16/h5-6,9-10,16,18H,3-4,7-8,11-12H2,1-2H3,(H,22,28). The fourth-order valence-electron chi connectivity index (χ4n) is 4.45. The van der Waals surface area contributed by atoms with Crippen LogP contribution in [0.25, 0.3) is 0 Å². The lowest BCUT2D eigenvalue weighted by Crippen LogP contribution is -2.44. The molecular formula is C21H25N5O4S. The molecule has 3 aliphatic rings. The summed E-state index contributed by atoms with van der Waals surface area (Å²) in [5.74, 6) is -0.865. The molecule has 1 fully saturated rings. The maximum absolute atomic E-state index is 13.5. The van der Waals surface area contributed by atoms with Gasteiger partial charge in [0.15, 0.2) is 0 Å². The highest BCUT2D eigenvalue weighted by Gasteiger charge is 2.40. The monoisotopic (exact) mass is 443 g/mol. The molecule has 1 N–H and O–H groups in total. The van der Waals surface area contributed by atoms with Gasteiger partial charge in [0.25, 0.3) is 0 Å². The van der Waals surface area contributed by atoms with Crippen molar-refractivity contribution >= 4 is 27.5 Å². The first kappa shape index (κ1) is 20.2. The number of anilines is 1. The lowest BCUT2D eigenvalue weighted by molar-refractivity contribution is -0.123. The van der Waals surface area contributed by atoms with E-state index in [9.17, 15) is 18.0 Å². The molecule has 10 heteroatoms. The van der Waals surface area contributed by atoms with Gasteiger partial charge in [-0.25, -0.2) is 8.42 Å². The topological polar surface area (TPSA) is 105 Å². The van der Waals surface area contributed by atoms with E-state index in [-0.39, 0.29) is 35.8 Å². The second-order valence-corrected chi connectivity index (χ2v) is 10.5. The molecule has 0 saturated heterocycles. The Hall–Kier alpha value is -2.72. The van der Waals surface area contributed by atoms with Crippen LogP contribution >= 0.6 is 0 Å². The van der Waals surface area contributed by atoms with E-state index >= 15 is 0 Å². The van der Waals surface area contributed by atoms with Gasteiger partial charge in [0.1, 0.15) is 0 Å². The number of hydrogen-bond acceptors (Lipinski definition) is 5. The number of carbonyl (C=O) groups excluding carboxylic acids is 2. The number of aryl methyl sites for hydroxylation is 1. The summed E-state index contributed by atoms with van der Waals surface area (Å²) in [6.45, 7) is 2.29. The summed E-state index contributed by atoms with van der Waals surface area (Å²) in [4.78, 5) is 26.5. The smallest absolute Gasteiger partial charge is 0.243 e. The van der Waals surface area contributed by atoms with Gasteiger partial charge < -0.3 is 10.2 Å². The molecule has 0 bridgehead atoms. The zero-order valence-corrected chi connectivity index (χ0v) is 18.4. The molecule has 164 valence electrons. The Morgan fingerprint density at radius 1 is 1.19 bits per heavy atom. The van der Waals surface area contributed by atoms with Gasteiger partial charge in [-0.05, 0) is 43.0 Å². The molecule has 1 aliphatic carbocycles. The predicted molar refractivity (Wildman–Crippen MR) is 113 cm³/mol. The van der Waals surface area contributed by atoms with Crippen molar-refractivity contribution in [2.45, 2.75) is 49.6 Å². The maximum atomic E-state index is 13.5. The first-order valence-corrected chi connectivity index (χ1v) is 11.9. The average molecular weight is 444 g/mol. The number of rotatable bonds is 4. The van der Waals surface area contributed by atoms with Crippen molar-refractivity contribution in [1.82, 2.24) is 19.4 Å². The number of amides is 2. The van der Waals surface area contributed by atoms with Crippen LogP contribution in [0.2, 0.25) is 0 Å². The van der Waals surface area contributed by atoms with Crippen molar-refractivity contribution in [2.24, 2.45) is 7.05 Å². The van der Waals surface area contributed by atoms with E-state index in [1.165, 1.54) is 11.2 Å². The highest BCUT2D eigenvalue weighted by molar-refractivity contribution is 7.89. The summed E-state index contributed by atoms with van der Waals surface area (Å²) in [6, 6.07) is 5.10. The number of fused-ring (bicyclic) bond motifs is 2. The van der Waals surface area contributed by atoms with E-state index < -0.39 is 15.9 Å². The molecule has 5 rings (SSSR count). The van der Waals surface area contributed by atoms with Gasteiger partial charge in [-0.2, -0.15) is 9.40 Å². The van der Waals surface area contributed by atoms with Crippen molar-refractivity contribution in [3.63, 3.8) is 0 Å². The third-order valence-corrected chi connectivity index (χ3v) is 8.01. The van der Waals surface area contributed by atoms with Gasteiger partial charge in [0, 0.05) is 57.1 Å². The quantitative estimate of drug-likeness (QED) is 0.756. The Morgan fingerprint density at radius 3 is 2.68 bits per heavy atom. The van der Waals surface area contributed by atoms with Crippen LogP contribution in [-0.2, 0) is 39.6 Å². The number of aromatic nitrogens is 2. The molecule has 1 aromatic heterocycles. The first-order valence-electron chi connectivity index (χ1n) is 10.5. The van der Waals surface area contributed by atoms with Gasteiger partial charge in [0.05, 0.1) is 16.5 Å². The first-order chi connectivity index (χ1) is 14.7. The fourth-order valence-corrected chi connectivity index (χ4v) is 5.93. The molecule has 1 unspecified atom stereocenters.